The van der Waals surface area contributed by atoms with Gasteiger partial charge in [0.05, 0.1) is 0 Å². The summed E-state index contributed by atoms with van der Waals surface area (Å²) in [7, 11) is 1.75. The first-order valence-electron chi connectivity index (χ1n) is 5.57. The lowest BCUT2D eigenvalue weighted by Crippen LogP contribution is -2.38. The van der Waals surface area contributed by atoms with Crippen LogP contribution in [-0.2, 0) is 10.2 Å². The minimum Gasteiger partial charge on any atom is -0.480 e. The second-order valence-electron chi connectivity index (χ2n) is 5.02. The number of likely N-dealkylation sites (N-methyl/N-ethyl adjacent to an activating group) is 1. The second kappa shape index (κ2) is 5.00. The smallest absolute Gasteiger partial charge is 0.326 e. The Morgan fingerprint density at radius 3 is 2.47 bits per heavy atom. The van der Waals surface area contributed by atoms with Crippen LogP contribution < -0.4 is 4.90 Å². The van der Waals surface area contributed by atoms with Crippen molar-refractivity contribution in [3.8, 4) is 0 Å². The largest absolute Gasteiger partial charge is 0.480 e. The van der Waals surface area contributed by atoms with Crippen LogP contribution in [-0.4, -0.2) is 33.5 Å². The molecule has 5 nitrogen and oxygen atoms in total. The maximum absolute atomic E-state index is 11.1. The first kappa shape index (κ1) is 13.9. The van der Waals surface area contributed by atoms with Crippen molar-refractivity contribution in [2.75, 3.05) is 11.9 Å². The average Bonchev–Trinajstić information content (AvgIpc) is 2.65. The first-order chi connectivity index (χ1) is 7.77. The number of carboxylic acids is 1. The van der Waals surface area contributed by atoms with Crippen LogP contribution >= 0.6 is 11.5 Å². The minimum atomic E-state index is -0.831. The highest BCUT2D eigenvalue weighted by Gasteiger charge is 2.26. The zero-order valence-corrected chi connectivity index (χ0v) is 11.7. The molecule has 0 aliphatic rings. The summed E-state index contributed by atoms with van der Waals surface area (Å²) in [4.78, 5) is 17.1. The summed E-state index contributed by atoms with van der Waals surface area (Å²) in [5.74, 6) is -0.0768. The van der Waals surface area contributed by atoms with Crippen LogP contribution in [0.3, 0.4) is 0 Å². The van der Waals surface area contributed by atoms with E-state index in [1.54, 1.807) is 11.9 Å². The van der Waals surface area contributed by atoms with Crippen LogP contribution in [0.15, 0.2) is 0 Å². The normalized spacial score (nSPS) is 13.5. The van der Waals surface area contributed by atoms with Crippen molar-refractivity contribution in [2.45, 2.75) is 45.6 Å². The number of anilines is 1. The van der Waals surface area contributed by atoms with E-state index >= 15 is 0 Å². The molecular weight excluding hydrogens is 238 g/mol. The molecule has 6 heteroatoms. The number of carboxylic acid groups (broad SMARTS) is 1. The summed E-state index contributed by atoms with van der Waals surface area (Å²) in [6, 6.07) is -0.546. The van der Waals surface area contributed by atoms with Gasteiger partial charge in [0.15, 0.2) is 0 Å². The van der Waals surface area contributed by atoms with Crippen molar-refractivity contribution in [1.82, 2.24) is 9.36 Å². The minimum absolute atomic E-state index is 0.111. The monoisotopic (exact) mass is 257 g/mol. The van der Waals surface area contributed by atoms with Crippen molar-refractivity contribution < 1.29 is 9.90 Å². The highest BCUT2D eigenvalue weighted by atomic mass is 32.1. The molecule has 1 rings (SSSR count). The van der Waals surface area contributed by atoms with Gasteiger partial charge in [-0.05, 0) is 6.42 Å². The predicted molar refractivity (Wildman–Crippen MR) is 68.7 cm³/mol. The van der Waals surface area contributed by atoms with Gasteiger partial charge in [-0.15, -0.1) is 0 Å². The van der Waals surface area contributed by atoms with Crippen molar-refractivity contribution in [2.24, 2.45) is 0 Å². The van der Waals surface area contributed by atoms with Crippen molar-refractivity contribution in [3.63, 3.8) is 0 Å². The van der Waals surface area contributed by atoms with Crippen LogP contribution in [0.1, 0.15) is 39.9 Å². The van der Waals surface area contributed by atoms with Gasteiger partial charge in [0.2, 0.25) is 5.13 Å². The molecule has 1 atom stereocenters. The summed E-state index contributed by atoms with van der Waals surface area (Å²) in [6.45, 7) is 7.95. The number of carbonyl (C=O) groups is 1. The van der Waals surface area contributed by atoms with Gasteiger partial charge in [-0.1, -0.05) is 27.7 Å². The van der Waals surface area contributed by atoms with E-state index in [4.69, 9.17) is 5.11 Å². The predicted octanol–water partition coefficient (Wildman–Crippen LogP) is 2.13. The molecule has 1 N–H and O–H groups in total. The van der Waals surface area contributed by atoms with Crippen molar-refractivity contribution in [1.29, 1.82) is 0 Å². The lowest BCUT2D eigenvalue weighted by molar-refractivity contribution is -0.138. The molecule has 17 heavy (non-hydrogen) atoms. The van der Waals surface area contributed by atoms with Gasteiger partial charge in [-0.2, -0.15) is 4.37 Å². The summed E-state index contributed by atoms with van der Waals surface area (Å²) in [5, 5.41) is 9.74. The van der Waals surface area contributed by atoms with Crippen LogP contribution in [0.4, 0.5) is 5.13 Å². The molecule has 1 heterocycles. The first-order valence-corrected chi connectivity index (χ1v) is 6.34. The zero-order chi connectivity index (χ0) is 13.2. The number of hydrogen-bond acceptors (Lipinski definition) is 5. The molecule has 1 unspecified atom stereocenters. The van der Waals surface area contributed by atoms with Gasteiger partial charge in [0.25, 0.3) is 0 Å². The Morgan fingerprint density at radius 1 is 1.53 bits per heavy atom. The van der Waals surface area contributed by atoms with Gasteiger partial charge in [0, 0.05) is 24.0 Å². The van der Waals surface area contributed by atoms with Crippen LogP contribution in [0, 0.1) is 0 Å². The van der Waals surface area contributed by atoms with E-state index in [-0.39, 0.29) is 5.41 Å². The number of hydrogen-bond donors (Lipinski definition) is 1. The molecule has 0 saturated carbocycles. The van der Waals surface area contributed by atoms with Gasteiger partial charge < -0.3 is 10.0 Å². The molecular formula is C11H19N3O2S. The fourth-order valence-corrected chi connectivity index (χ4v) is 2.28. The van der Waals surface area contributed by atoms with E-state index in [9.17, 15) is 4.79 Å². The molecule has 0 amide bonds. The maximum Gasteiger partial charge on any atom is 0.326 e. The zero-order valence-electron chi connectivity index (χ0n) is 10.9. The third-order valence-electron chi connectivity index (χ3n) is 2.53. The fraction of sp³-hybridized carbons (Fsp3) is 0.727. The Labute approximate surface area is 106 Å². The molecule has 0 fully saturated rings. The lowest BCUT2D eigenvalue weighted by atomic mass is 9.96. The van der Waals surface area contributed by atoms with E-state index in [2.05, 4.69) is 9.36 Å². The van der Waals surface area contributed by atoms with E-state index < -0.39 is 12.0 Å². The van der Waals surface area contributed by atoms with Gasteiger partial charge >= 0.3 is 5.97 Å². The average molecular weight is 257 g/mol. The quantitative estimate of drug-likeness (QED) is 0.895. The number of aliphatic carboxylic acids is 1. The Hall–Kier alpha value is -1.17. The van der Waals surface area contributed by atoms with Crippen LogP contribution in [0.5, 0.6) is 0 Å². The summed E-state index contributed by atoms with van der Waals surface area (Å²) >= 11 is 1.25. The van der Waals surface area contributed by atoms with Crippen molar-refractivity contribution in [3.05, 3.63) is 5.82 Å². The second-order valence-corrected chi connectivity index (χ2v) is 5.75. The maximum atomic E-state index is 11.1. The summed E-state index contributed by atoms with van der Waals surface area (Å²) < 4.78 is 4.28. The van der Waals surface area contributed by atoms with E-state index in [0.717, 1.165) is 5.82 Å². The third kappa shape index (κ3) is 3.15. The Bertz CT molecular complexity index is 398. The highest BCUT2D eigenvalue weighted by molar-refractivity contribution is 7.09. The molecule has 0 aromatic carbocycles. The molecule has 1 aromatic rings. The Morgan fingerprint density at radius 2 is 2.12 bits per heavy atom. The molecule has 0 spiro atoms. The van der Waals surface area contributed by atoms with Crippen molar-refractivity contribution >= 4 is 22.6 Å². The molecule has 0 aliphatic carbocycles. The van der Waals surface area contributed by atoms with Gasteiger partial charge in [-0.3, -0.25) is 0 Å². The van der Waals surface area contributed by atoms with Gasteiger partial charge in [0.1, 0.15) is 11.9 Å². The third-order valence-corrected chi connectivity index (χ3v) is 3.33. The number of rotatable bonds is 4. The molecule has 0 bridgehead atoms. The summed E-state index contributed by atoms with van der Waals surface area (Å²) in [5.41, 5.74) is -0.111. The fourth-order valence-electron chi connectivity index (χ4n) is 1.41. The topological polar surface area (TPSA) is 66.3 Å². The van der Waals surface area contributed by atoms with E-state index in [1.807, 2.05) is 27.7 Å². The summed E-state index contributed by atoms with van der Waals surface area (Å²) in [6.07, 6.45) is 0.538. The molecule has 0 radical (unpaired) electrons. The molecule has 1 aromatic heterocycles. The molecule has 96 valence electrons. The van der Waals surface area contributed by atoms with Crippen LogP contribution in [0.2, 0.25) is 0 Å². The lowest BCUT2D eigenvalue weighted by Gasteiger charge is -2.22. The molecule has 0 aliphatic heterocycles. The van der Waals surface area contributed by atoms with E-state index in [0.29, 0.717) is 11.6 Å². The van der Waals surface area contributed by atoms with E-state index in [1.165, 1.54) is 11.5 Å². The SMILES string of the molecule is CCC(C(=O)O)N(C)c1nc(C(C)(C)C)ns1. The highest BCUT2D eigenvalue weighted by Crippen LogP contribution is 2.26. The number of aromatic nitrogens is 2. The standard InChI is InChI=1S/C11H19N3O2S/c1-6-7(8(15)16)14(5)10-12-9(13-17-10)11(2,3)4/h7H,6H2,1-5H3,(H,15,16). The molecule has 0 saturated heterocycles. The Kier molecular flexibility index (Phi) is 4.08. The number of nitrogens with zero attached hydrogens (tertiary/aromatic N) is 3. The van der Waals surface area contributed by atoms with Gasteiger partial charge in [-0.25, -0.2) is 9.78 Å². The Balaban J connectivity index is 2.93. The van der Waals surface area contributed by atoms with Crippen LogP contribution in [0.25, 0.3) is 0 Å².